The van der Waals surface area contributed by atoms with E-state index in [1.165, 1.54) is 20.2 Å². The molecule has 2 aromatic rings. The number of benzene rings is 1. The first-order chi connectivity index (χ1) is 14.3. The molecule has 0 radical (unpaired) electrons. The van der Waals surface area contributed by atoms with Crippen molar-refractivity contribution in [3.05, 3.63) is 57.2 Å². The summed E-state index contributed by atoms with van der Waals surface area (Å²) in [6.07, 6.45) is -0.342. The molecule has 1 heterocycles. The monoisotopic (exact) mass is 453 g/mol. The molecule has 0 saturated carbocycles. The van der Waals surface area contributed by atoms with E-state index in [0.717, 1.165) is 0 Å². The first-order valence-corrected chi connectivity index (χ1v) is 9.65. The summed E-state index contributed by atoms with van der Waals surface area (Å²) in [6.45, 7) is 3.41. The summed E-state index contributed by atoms with van der Waals surface area (Å²) in [5.74, 6) is -1.12. The van der Waals surface area contributed by atoms with E-state index in [1.807, 2.05) is 0 Å². The van der Waals surface area contributed by atoms with Crippen LogP contribution in [0.1, 0.15) is 35.5 Å². The van der Waals surface area contributed by atoms with Crippen LogP contribution in [0.15, 0.2) is 35.5 Å². The van der Waals surface area contributed by atoms with Crippen LogP contribution in [0.2, 0.25) is 10.0 Å². The number of aromatic nitrogens is 1. The zero-order valence-corrected chi connectivity index (χ0v) is 18.4. The molecule has 0 atom stereocenters. The average Bonchev–Trinajstić information content (AvgIpc) is 2.70. The van der Waals surface area contributed by atoms with Crippen molar-refractivity contribution in [1.82, 2.24) is 10.3 Å². The summed E-state index contributed by atoms with van der Waals surface area (Å²) < 4.78 is 10.9. The standard InChI is InChI=1S/C20H21Cl2N3O5/c1-11(2)30-20(27)17-14(21)9-15(22)19(24-17)29-10-12-7-5-6-8-13(12)16(25-28-4)18(26)23-3/h5-9,11H,10H2,1-4H3,(H,23,26)/b25-16-. The molecule has 0 aliphatic carbocycles. The molecule has 10 heteroatoms. The lowest BCUT2D eigenvalue weighted by molar-refractivity contribution is -0.114. The Bertz CT molecular complexity index is 963. The molecule has 0 fully saturated rings. The molecule has 8 nitrogen and oxygen atoms in total. The number of oxime groups is 1. The van der Waals surface area contributed by atoms with E-state index in [-0.39, 0.29) is 40.0 Å². The number of carbonyl (C=O) groups excluding carboxylic acids is 2. The maximum Gasteiger partial charge on any atom is 0.358 e. The van der Waals surface area contributed by atoms with Crippen LogP contribution in [0.4, 0.5) is 0 Å². The van der Waals surface area contributed by atoms with Crippen LogP contribution in [0.25, 0.3) is 0 Å². The minimum Gasteiger partial charge on any atom is -0.472 e. The SMILES string of the molecule is CNC(=O)/C(=N\OC)c1ccccc1COc1nc(C(=O)OC(C)C)c(Cl)cc1Cl. The minimum absolute atomic E-state index is 0.00301. The lowest BCUT2D eigenvalue weighted by Crippen LogP contribution is -2.29. The molecule has 160 valence electrons. The van der Waals surface area contributed by atoms with E-state index in [0.29, 0.717) is 11.1 Å². The third-order valence-electron chi connectivity index (χ3n) is 3.70. The van der Waals surface area contributed by atoms with Gasteiger partial charge in [0.05, 0.1) is 11.1 Å². The number of amides is 1. The van der Waals surface area contributed by atoms with Crippen molar-refractivity contribution in [3.63, 3.8) is 0 Å². The highest BCUT2D eigenvalue weighted by molar-refractivity contribution is 6.45. The smallest absolute Gasteiger partial charge is 0.358 e. The van der Waals surface area contributed by atoms with Gasteiger partial charge in [-0.3, -0.25) is 4.79 Å². The van der Waals surface area contributed by atoms with Crippen molar-refractivity contribution in [1.29, 1.82) is 0 Å². The van der Waals surface area contributed by atoms with Crippen LogP contribution in [0.5, 0.6) is 5.88 Å². The molecule has 0 bridgehead atoms. The number of carbonyl (C=O) groups is 2. The van der Waals surface area contributed by atoms with E-state index in [2.05, 4.69) is 15.5 Å². The normalized spacial score (nSPS) is 11.2. The van der Waals surface area contributed by atoms with Crippen LogP contribution in [0.3, 0.4) is 0 Å². The summed E-state index contributed by atoms with van der Waals surface area (Å²) in [5.41, 5.74) is 1.10. The second-order valence-electron chi connectivity index (χ2n) is 6.21. The van der Waals surface area contributed by atoms with Gasteiger partial charge in [-0.15, -0.1) is 0 Å². The molecule has 1 amide bonds. The highest BCUT2D eigenvalue weighted by Crippen LogP contribution is 2.29. The van der Waals surface area contributed by atoms with E-state index in [1.54, 1.807) is 38.1 Å². The number of hydrogen-bond acceptors (Lipinski definition) is 7. The molecule has 1 aromatic heterocycles. The minimum atomic E-state index is -0.689. The van der Waals surface area contributed by atoms with Gasteiger partial charge in [0.2, 0.25) is 5.88 Å². The van der Waals surface area contributed by atoms with E-state index < -0.39 is 11.9 Å². The average molecular weight is 454 g/mol. The van der Waals surface area contributed by atoms with E-state index in [4.69, 9.17) is 37.5 Å². The molecule has 1 aromatic carbocycles. The summed E-state index contributed by atoms with van der Waals surface area (Å²) in [5, 5.41) is 6.48. The topological polar surface area (TPSA) is 99.1 Å². The van der Waals surface area contributed by atoms with Crippen molar-refractivity contribution in [2.45, 2.75) is 26.6 Å². The highest BCUT2D eigenvalue weighted by Gasteiger charge is 2.21. The molecule has 0 aliphatic heterocycles. The number of halogens is 2. The number of rotatable bonds is 8. The Morgan fingerprint density at radius 3 is 2.53 bits per heavy atom. The van der Waals surface area contributed by atoms with Gasteiger partial charge in [0.1, 0.15) is 18.7 Å². The molecule has 2 rings (SSSR count). The molecule has 30 heavy (non-hydrogen) atoms. The largest absolute Gasteiger partial charge is 0.472 e. The molecule has 0 aliphatic rings. The maximum atomic E-state index is 12.2. The van der Waals surface area contributed by atoms with Gasteiger partial charge >= 0.3 is 5.97 Å². The van der Waals surface area contributed by atoms with Crippen molar-refractivity contribution in [2.75, 3.05) is 14.2 Å². The Labute approximate surface area is 184 Å². The van der Waals surface area contributed by atoms with Crippen LogP contribution < -0.4 is 10.1 Å². The van der Waals surface area contributed by atoms with Gasteiger partial charge in [-0.1, -0.05) is 52.6 Å². The number of nitrogens with zero attached hydrogens (tertiary/aromatic N) is 2. The Balaban J connectivity index is 2.33. The van der Waals surface area contributed by atoms with E-state index >= 15 is 0 Å². The fourth-order valence-corrected chi connectivity index (χ4v) is 2.90. The van der Waals surface area contributed by atoms with Gasteiger partial charge in [-0.25, -0.2) is 9.78 Å². The zero-order valence-electron chi connectivity index (χ0n) is 16.9. The van der Waals surface area contributed by atoms with Crippen molar-refractivity contribution < 1.29 is 23.9 Å². The molecule has 0 saturated heterocycles. The lowest BCUT2D eigenvalue weighted by Gasteiger charge is -2.14. The number of esters is 1. The Hall–Kier alpha value is -2.84. The van der Waals surface area contributed by atoms with Gasteiger partial charge < -0.3 is 19.6 Å². The predicted octanol–water partition coefficient (Wildman–Crippen LogP) is 3.63. The summed E-state index contributed by atoms with van der Waals surface area (Å²) in [7, 11) is 2.83. The maximum absolute atomic E-state index is 12.2. The molecule has 1 N–H and O–H groups in total. The summed E-state index contributed by atoms with van der Waals surface area (Å²) in [6, 6.07) is 8.34. The Morgan fingerprint density at radius 2 is 1.90 bits per heavy atom. The van der Waals surface area contributed by atoms with Gasteiger partial charge in [-0.2, -0.15) is 0 Å². The van der Waals surface area contributed by atoms with Crippen LogP contribution in [-0.4, -0.2) is 42.8 Å². The van der Waals surface area contributed by atoms with E-state index in [9.17, 15) is 9.59 Å². The molecular weight excluding hydrogens is 433 g/mol. The van der Waals surface area contributed by atoms with Gasteiger partial charge in [0.25, 0.3) is 5.91 Å². The van der Waals surface area contributed by atoms with Crippen LogP contribution in [0, 0.1) is 0 Å². The third kappa shape index (κ3) is 5.84. The number of pyridine rings is 1. The summed E-state index contributed by atoms with van der Waals surface area (Å²) >= 11 is 12.2. The summed E-state index contributed by atoms with van der Waals surface area (Å²) in [4.78, 5) is 33.3. The van der Waals surface area contributed by atoms with Crippen molar-refractivity contribution in [2.24, 2.45) is 5.16 Å². The Kier molecular flexibility index (Phi) is 8.44. The first-order valence-electron chi connectivity index (χ1n) is 8.89. The van der Waals surface area contributed by atoms with Crippen molar-refractivity contribution in [3.8, 4) is 5.88 Å². The first kappa shape index (κ1) is 23.4. The number of hydrogen-bond donors (Lipinski definition) is 1. The molecular formula is C20H21Cl2N3O5. The number of nitrogens with one attached hydrogen (secondary N) is 1. The molecule has 0 spiro atoms. The third-order valence-corrected chi connectivity index (χ3v) is 4.25. The second kappa shape index (κ2) is 10.8. The number of likely N-dealkylation sites (N-methyl/N-ethyl adjacent to an activating group) is 1. The van der Waals surface area contributed by atoms with Crippen LogP contribution in [-0.2, 0) is 21.0 Å². The van der Waals surface area contributed by atoms with Crippen LogP contribution >= 0.6 is 23.2 Å². The van der Waals surface area contributed by atoms with Gasteiger partial charge in [0, 0.05) is 12.6 Å². The Morgan fingerprint density at radius 1 is 1.20 bits per heavy atom. The van der Waals surface area contributed by atoms with Gasteiger partial charge in [0.15, 0.2) is 11.4 Å². The highest BCUT2D eigenvalue weighted by atomic mass is 35.5. The quantitative estimate of drug-likeness (QED) is 0.372. The predicted molar refractivity (Wildman–Crippen MR) is 113 cm³/mol. The zero-order chi connectivity index (χ0) is 22.3. The fraction of sp³-hybridized carbons (Fsp3) is 0.300. The molecule has 0 unspecified atom stereocenters. The fourth-order valence-electron chi connectivity index (χ4n) is 2.41. The lowest BCUT2D eigenvalue weighted by atomic mass is 10.0. The van der Waals surface area contributed by atoms with Crippen molar-refractivity contribution >= 4 is 40.8 Å². The second-order valence-corrected chi connectivity index (χ2v) is 7.02. The number of ether oxygens (including phenoxy) is 2. The van der Waals surface area contributed by atoms with Gasteiger partial charge in [-0.05, 0) is 25.5 Å².